The Kier molecular flexibility index (Phi) is 7.50. The van der Waals surface area contributed by atoms with E-state index in [0.717, 1.165) is 10.1 Å². The molecule has 0 aliphatic rings. The second-order valence-corrected chi connectivity index (χ2v) is 10.7. The summed E-state index contributed by atoms with van der Waals surface area (Å²) < 4.78 is 8.14. The van der Waals surface area contributed by atoms with Gasteiger partial charge in [0, 0.05) is 18.3 Å². The van der Waals surface area contributed by atoms with Crippen molar-refractivity contribution in [1.29, 1.82) is 0 Å². The van der Waals surface area contributed by atoms with Crippen LogP contribution in [0.1, 0.15) is 45.7 Å². The Morgan fingerprint density at radius 3 is 2.40 bits per heavy atom. The number of thiophene rings is 1. The summed E-state index contributed by atoms with van der Waals surface area (Å²) in [5, 5.41) is 0.957. The first-order valence-corrected chi connectivity index (χ1v) is 12.2. The fourth-order valence-corrected chi connectivity index (χ4v) is 4.86. The number of hydrogen-bond acceptors (Lipinski definition) is 7. The lowest BCUT2D eigenvalue weighted by Gasteiger charge is -2.30. The Bertz CT molecular complexity index is 1400. The van der Waals surface area contributed by atoms with Gasteiger partial charge < -0.3 is 10.5 Å². The molecule has 0 aliphatic carbocycles. The van der Waals surface area contributed by atoms with Crippen LogP contribution in [0.4, 0.5) is 5.00 Å². The Labute approximate surface area is 208 Å². The normalized spacial score (nSPS) is 12.7. The van der Waals surface area contributed by atoms with Gasteiger partial charge in [0.15, 0.2) is 0 Å². The average Bonchev–Trinajstić information content (AvgIpc) is 3.09. The molecule has 0 radical (unpaired) electrons. The second kappa shape index (κ2) is 10.0. The number of carbonyl (C=O) groups is 1. The van der Waals surface area contributed by atoms with Crippen LogP contribution in [0, 0.1) is 6.92 Å². The number of nitrogens with two attached hydrogens (primary N) is 1. The van der Waals surface area contributed by atoms with Gasteiger partial charge in [0.05, 0.1) is 5.39 Å². The molecule has 2 aromatic heterocycles. The maximum Gasteiger partial charge on any atom is 0.333 e. The molecule has 0 spiro atoms. The number of hydrogen-bond donors (Lipinski definition) is 1. The molecule has 0 bridgehead atoms. The minimum Gasteiger partial charge on any atom is -0.458 e. The molecule has 3 rings (SSSR count). The van der Waals surface area contributed by atoms with E-state index in [1.807, 2.05) is 30.3 Å². The van der Waals surface area contributed by atoms with Crippen molar-refractivity contribution in [2.24, 2.45) is 10.7 Å². The van der Waals surface area contributed by atoms with E-state index in [1.54, 1.807) is 38.3 Å². The lowest BCUT2D eigenvalue weighted by atomic mass is 10.0. The first-order chi connectivity index (χ1) is 16.4. The van der Waals surface area contributed by atoms with Gasteiger partial charge in [0.1, 0.15) is 21.0 Å². The van der Waals surface area contributed by atoms with Gasteiger partial charge in [0.2, 0.25) is 0 Å². The molecule has 0 aliphatic heterocycles. The number of fused-ring (bicyclic) bond motifs is 1. The lowest BCUT2D eigenvalue weighted by Crippen LogP contribution is -2.54. The van der Waals surface area contributed by atoms with Crippen molar-refractivity contribution >= 4 is 38.7 Å². The largest absolute Gasteiger partial charge is 0.458 e. The molecule has 0 unspecified atom stereocenters. The third-order valence-corrected chi connectivity index (χ3v) is 6.72. The zero-order chi connectivity index (χ0) is 26.0. The van der Waals surface area contributed by atoms with Crippen LogP contribution in [0.3, 0.4) is 0 Å². The summed E-state index contributed by atoms with van der Waals surface area (Å²) in [5.41, 5.74) is 3.69. The molecule has 186 valence electrons. The molecule has 9 heteroatoms. The van der Waals surface area contributed by atoms with E-state index in [0.29, 0.717) is 33.7 Å². The van der Waals surface area contributed by atoms with E-state index in [2.05, 4.69) is 4.99 Å². The molecule has 3 aromatic rings. The van der Waals surface area contributed by atoms with Crippen LogP contribution in [0.25, 0.3) is 10.2 Å². The first kappa shape index (κ1) is 26.2. The fourth-order valence-electron chi connectivity index (χ4n) is 3.69. The summed E-state index contributed by atoms with van der Waals surface area (Å²) >= 11 is 1.26. The number of rotatable bonds is 7. The predicted molar refractivity (Wildman–Crippen MR) is 142 cm³/mol. The number of benzene rings is 1. The summed E-state index contributed by atoms with van der Waals surface area (Å²) in [6.45, 7) is 10.4. The molecule has 2 heterocycles. The molecule has 35 heavy (non-hydrogen) atoms. The zero-order valence-corrected chi connectivity index (χ0v) is 21.8. The van der Waals surface area contributed by atoms with Crippen LogP contribution in [0.15, 0.2) is 57.2 Å². The summed E-state index contributed by atoms with van der Waals surface area (Å²) in [7, 11) is 0. The van der Waals surface area contributed by atoms with E-state index in [-0.39, 0.29) is 0 Å². The van der Waals surface area contributed by atoms with Crippen molar-refractivity contribution in [3.05, 3.63) is 74.6 Å². The topological polar surface area (TPSA) is 109 Å². The van der Waals surface area contributed by atoms with Crippen LogP contribution in [0.2, 0.25) is 0 Å². The number of esters is 1. The molecule has 0 fully saturated rings. The standard InChI is InChI=1S/C26H32N4O4S/c1-17-19-21(31)30(26(5,6)23(32)34-25(2,3)4)24(33)29(16-13-18-11-8-7-9-12-18)22(19)35-20(17)28-15-10-14-27/h7-12,14-15H,13,16,27H2,1-6H3/b14-10-,28-15+. The second-order valence-electron chi connectivity index (χ2n) is 9.75. The van der Waals surface area contributed by atoms with Gasteiger partial charge in [-0.2, -0.15) is 0 Å². The quantitative estimate of drug-likeness (QED) is 0.392. The van der Waals surface area contributed by atoms with E-state index < -0.39 is 28.4 Å². The van der Waals surface area contributed by atoms with Crippen LogP contribution in [-0.2, 0) is 28.0 Å². The molecule has 1 aromatic carbocycles. The maximum absolute atomic E-state index is 13.8. The lowest BCUT2D eigenvalue weighted by molar-refractivity contribution is -0.164. The van der Waals surface area contributed by atoms with Gasteiger partial charge in [-0.15, -0.1) is 0 Å². The number of aliphatic imine (C=N–C) groups is 1. The number of carbonyl (C=O) groups excluding carboxylic acids is 1. The Hall–Kier alpha value is -3.46. The van der Waals surface area contributed by atoms with E-state index in [1.165, 1.54) is 37.6 Å². The molecular formula is C26H32N4O4S. The van der Waals surface area contributed by atoms with Crippen LogP contribution < -0.4 is 17.0 Å². The van der Waals surface area contributed by atoms with Crippen molar-refractivity contribution in [3.8, 4) is 0 Å². The van der Waals surface area contributed by atoms with Crippen molar-refractivity contribution in [2.45, 2.75) is 65.6 Å². The van der Waals surface area contributed by atoms with E-state index >= 15 is 0 Å². The van der Waals surface area contributed by atoms with Crippen molar-refractivity contribution in [2.75, 3.05) is 0 Å². The average molecular weight is 497 g/mol. The molecule has 0 amide bonds. The summed E-state index contributed by atoms with van der Waals surface area (Å²) in [4.78, 5) is 45.5. The SMILES string of the molecule is Cc1c(/N=C/C=C\N)sc2c1c(=O)n(C(C)(C)C(=O)OC(C)(C)C)c(=O)n2CCc1ccccc1. The highest BCUT2D eigenvalue weighted by Crippen LogP contribution is 2.35. The monoisotopic (exact) mass is 496 g/mol. The number of ether oxygens (including phenoxy) is 1. The number of nitrogens with zero attached hydrogens (tertiary/aromatic N) is 3. The van der Waals surface area contributed by atoms with Gasteiger partial charge in [-0.05, 0) is 65.8 Å². The third kappa shape index (κ3) is 5.45. The number of allylic oxidation sites excluding steroid dienone is 1. The highest BCUT2D eigenvalue weighted by molar-refractivity contribution is 7.22. The first-order valence-electron chi connectivity index (χ1n) is 11.4. The highest BCUT2D eigenvalue weighted by atomic mass is 32.1. The highest BCUT2D eigenvalue weighted by Gasteiger charge is 2.38. The molecule has 2 N–H and O–H groups in total. The molecule has 0 saturated carbocycles. The van der Waals surface area contributed by atoms with Crippen LogP contribution >= 0.6 is 11.3 Å². The van der Waals surface area contributed by atoms with E-state index in [4.69, 9.17) is 10.5 Å². The van der Waals surface area contributed by atoms with Gasteiger partial charge >= 0.3 is 11.7 Å². The van der Waals surface area contributed by atoms with Crippen molar-refractivity contribution < 1.29 is 9.53 Å². The zero-order valence-electron chi connectivity index (χ0n) is 21.0. The third-order valence-electron chi connectivity index (χ3n) is 5.50. The molecule has 0 atom stereocenters. The number of aryl methyl sites for hydroxylation is 3. The summed E-state index contributed by atoms with van der Waals surface area (Å²) in [6.07, 6.45) is 5.05. The van der Waals surface area contributed by atoms with E-state index in [9.17, 15) is 14.4 Å². The smallest absolute Gasteiger partial charge is 0.333 e. The minimum absolute atomic E-state index is 0.329. The Morgan fingerprint density at radius 1 is 1.14 bits per heavy atom. The number of aromatic nitrogens is 2. The van der Waals surface area contributed by atoms with Crippen molar-refractivity contribution in [1.82, 2.24) is 9.13 Å². The van der Waals surface area contributed by atoms with Gasteiger partial charge in [-0.1, -0.05) is 41.7 Å². The molecule has 8 nitrogen and oxygen atoms in total. The predicted octanol–water partition coefficient (Wildman–Crippen LogP) is 4.03. The fraction of sp³-hybridized carbons (Fsp3) is 0.385. The van der Waals surface area contributed by atoms with Gasteiger partial charge in [0.25, 0.3) is 5.56 Å². The van der Waals surface area contributed by atoms with Gasteiger partial charge in [-0.25, -0.2) is 19.1 Å². The summed E-state index contributed by atoms with van der Waals surface area (Å²) in [5.74, 6) is -0.655. The maximum atomic E-state index is 13.8. The molecular weight excluding hydrogens is 464 g/mol. The van der Waals surface area contributed by atoms with Crippen LogP contribution in [0.5, 0.6) is 0 Å². The van der Waals surface area contributed by atoms with Gasteiger partial charge in [-0.3, -0.25) is 9.36 Å². The van der Waals surface area contributed by atoms with Crippen molar-refractivity contribution in [3.63, 3.8) is 0 Å². The Balaban J connectivity index is 2.28. The Morgan fingerprint density at radius 2 is 1.80 bits per heavy atom. The molecule has 0 saturated heterocycles. The van der Waals surface area contributed by atoms with Crippen LogP contribution in [-0.4, -0.2) is 26.9 Å². The summed E-state index contributed by atoms with van der Waals surface area (Å²) in [6, 6.07) is 9.77. The minimum atomic E-state index is -1.52.